The van der Waals surface area contributed by atoms with Crippen molar-refractivity contribution >= 4 is 22.3 Å². The van der Waals surface area contributed by atoms with Crippen LogP contribution in [0.1, 0.15) is 18.1 Å². The molecule has 0 fully saturated rings. The Labute approximate surface area is 165 Å². The zero-order valence-corrected chi connectivity index (χ0v) is 16.6. The lowest BCUT2D eigenvalue weighted by Gasteiger charge is -2.15. The Hall–Kier alpha value is -2.61. The molecule has 150 valence electrons. The lowest BCUT2D eigenvalue weighted by Crippen LogP contribution is -2.20. The van der Waals surface area contributed by atoms with E-state index in [4.69, 9.17) is 9.47 Å². The first-order chi connectivity index (χ1) is 13.3. The van der Waals surface area contributed by atoms with Gasteiger partial charge in [-0.05, 0) is 42.3 Å². The van der Waals surface area contributed by atoms with E-state index in [0.29, 0.717) is 5.75 Å². The standard InChI is InChI=1S/C21H24O6S/c1-17(25-15-16-26-28(2,23)24)27-21-13-9-19(10-14-21)6-4-3-5-18-7-11-20(22)12-8-18/h3-14,17,22H,15-16H2,1-2H3. The SMILES string of the molecule is CC(OCCOS(C)(=O)=O)Oc1ccc(C=CC=Cc2ccc(O)cc2)cc1. The largest absolute Gasteiger partial charge is 0.508 e. The maximum atomic E-state index is 10.8. The molecule has 0 saturated carbocycles. The van der Waals surface area contributed by atoms with Crippen molar-refractivity contribution in [3.05, 3.63) is 71.8 Å². The smallest absolute Gasteiger partial charge is 0.264 e. The normalized spacial score (nSPS) is 13.2. The van der Waals surface area contributed by atoms with Crippen LogP contribution >= 0.6 is 0 Å². The number of phenolic OH excluding ortho intramolecular Hbond substituents is 1. The predicted molar refractivity (Wildman–Crippen MR) is 109 cm³/mol. The third-order valence-electron chi connectivity index (χ3n) is 3.50. The van der Waals surface area contributed by atoms with Crippen molar-refractivity contribution in [1.29, 1.82) is 0 Å². The van der Waals surface area contributed by atoms with Crippen molar-refractivity contribution in [3.63, 3.8) is 0 Å². The molecule has 1 unspecified atom stereocenters. The van der Waals surface area contributed by atoms with Gasteiger partial charge in [-0.2, -0.15) is 8.42 Å². The summed E-state index contributed by atoms with van der Waals surface area (Å²) in [5, 5.41) is 9.25. The van der Waals surface area contributed by atoms with E-state index in [1.807, 2.05) is 60.7 Å². The molecule has 1 atom stereocenters. The zero-order chi connectivity index (χ0) is 20.4. The Morgan fingerprint density at radius 1 is 0.929 bits per heavy atom. The number of hydrogen-bond donors (Lipinski definition) is 1. The summed E-state index contributed by atoms with van der Waals surface area (Å²) in [6.07, 6.45) is 8.22. The third kappa shape index (κ3) is 8.85. The average molecular weight is 404 g/mol. The van der Waals surface area contributed by atoms with E-state index in [2.05, 4.69) is 4.18 Å². The van der Waals surface area contributed by atoms with Crippen LogP contribution in [-0.2, 0) is 19.0 Å². The van der Waals surface area contributed by atoms with Crippen LogP contribution in [0.5, 0.6) is 11.5 Å². The molecule has 0 amide bonds. The summed E-state index contributed by atoms with van der Waals surface area (Å²) < 4.78 is 37.3. The number of aromatic hydroxyl groups is 1. The van der Waals surface area contributed by atoms with E-state index >= 15 is 0 Å². The van der Waals surface area contributed by atoms with Crippen molar-refractivity contribution in [1.82, 2.24) is 0 Å². The van der Waals surface area contributed by atoms with Gasteiger partial charge in [-0.3, -0.25) is 4.18 Å². The Kier molecular flexibility index (Phi) is 8.25. The van der Waals surface area contributed by atoms with Gasteiger partial charge in [0.05, 0.1) is 19.5 Å². The molecule has 2 aromatic rings. The average Bonchev–Trinajstić information content (AvgIpc) is 2.64. The minimum atomic E-state index is -3.46. The van der Waals surface area contributed by atoms with Gasteiger partial charge in [0.2, 0.25) is 0 Å². The fraction of sp³-hybridized carbons (Fsp3) is 0.238. The van der Waals surface area contributed by atoms with Crippen LogP contribution < -0.4 is 4.74 Å². The second-order valence-corrected chi connectivity index (χ2v) is 7.61. The Morgan fingerprint density at radius 3 is 2.00 bits per heavy atom. The number of allylic oxidation sites excluding steroid dienone is 2. The van der Waals surface area contributed by atoms with Gasteiger partial charge in [-0.1, -0.05) is 48.6 Å². The molecule has 2 rings (SSSR count). The van der Waals surface area contributed by atoms with Gasteiger partial charge in [-0.15, -0.1) is 0 Å². The topological polar surface area (TPSA) is 82.1 Å². The summed E-state index contributed by atoms with van der Waals surface area (Å²) in [6, 6.07) is 14.5. The molecule has 0 aliphatic rings. The Morgan fingerprint density at radius 2 is 1.46 bits per heavy atom. The fourth-order valence-corrected chi connectivity index (χ4v) is 2.57. The molecule has 0 saturated heterocycles. The molecule has 6 nitrogen and oxygen atoms in total. The summed E-state index contributed by atoms with van der Waals surface area (Å²) in [5.41, 5.74) is 2.01. The van der Waals surface area contributed by atoms with Crippen molar-refractivity contribution in [2.75, 3.05) is 19.5 Å². The van der Waals surface area contributed by atoms with E-state index in [-0.39, 0.29) is 19.0 Å². The maximum absolute atomic E-state index is 10.8. The minimum absolute atomic E-state index is 0.0477. The van der Waals surface area contributed by atoms with Gasteiger partial charge in [0.1, 0.15) is 11.5 Å². The van der Waals surface area contributed by atoms with Gasteiger partial charge >= 0.3 is 0 Å². The van der Waals surface area contributed by atoms with Crippen LogP contribution in [0.3, 0.4) is 0 Å². The van der Waals surface area contributed by atoms with E-state index in [0.717, 1.165) is 17.4 Å². The molecule has 2 aromatic carbocycles. The summed E-state index contributed by atoms with van der Waals surface area (Å²) >= 11 is 0. The monoisotopic (exact) mass is 404 g/mol. The van der Waals surface area contributed by atoms with Gasteiger partial charge in [0, 0.05) is 0 Å². The lowest BCUT2D eigenvalue weighted by atomic mass is 10.2. The van der Waals surface area contributed by atoms with E-state index < -0.39 is 16.4 Å². The zero-order valence-electron chi connectivity index (χ0n) is 15.8. The fourth-order valence-electron chi connectivity index (χ4n) is 2.20. The van der Waals surface area contributed by atoms with E-state index in [9.17, 15) is 13.5 Å². The van der Waals surface area contributed by atoms with Gasteiger partial charge in [-0.25, -0.2) is 0 Å². The molecule has 0 aliphatic carbocycles. The maximum Gasteiger partial charge on any atom is 0.264 e. The number of phenols is 1. The molecule has 0 aromatic heterocycles. The third-order valence-corrected chi connectivity index (χ3v) is 4.09. The van der Waals surface area contributed by atoms with Gasteiger partial charge in [0.25, 0.3) is 10.1 Å². The van der Waals surface area contributed by atoms with Crippen LogP contribution in [0.2, 0.25) is 0 Å². The second kappa shape index (κ2) is 10.7. The first-order valence-corrected chi connectivity index (χ1v) is 10.5. The van der Waals surface area contributed by atoms with Crippen LogP contribution in [-0.4, -0.2) is 39.3 Å². The molecular weight excluding hydrogens is 380 g/mol. The summed E-state index contributed by atoms with van der Waals surface area (Å²) in [6.45, 7) is 1.79. The number of benzene rings is 2. The first kappa shape index (κ1) is 21.7. The predicted octanol–water partition coefficient (Wildman–Crippen LogP) is 3.84. The molecule has 0 spiro atoms. The summed E-state index contributed by atoms with van der Waals surface area (Å²) in [4.78, 5) is 0. The Bertz CT molecular complexity index is 883. The van der Waals surface area contributed by atoms with Crippen LogP contribution in [0.15, 0.2) is 60.7 Å². The highest BCUT2D eigenvalue weighted by Crippen LogP contribution is 2.16. The van der Waals surface area contributed by atoms with Crippen molar-refractivity contribution in [2.45, 2.75) is 13.2 Å². The van der Waals surface area contributed by atoms with Crippen molar-refractivity contribution in [3.8, 4) is 11.5 Å². The van der Waals surface area contributed by atoms with Crippen LogP contribution in [0, 0.1) is 0 Å². The quantitative estimate of drug-likeness (QED) is 0.280. The highest BCUT2D eigenvalue weighted by Gasteiger charge is 2.06. The summed E-state index contributed by atoms with van der Waals surface area (Å²) in [7, 11) is -3.46. The van der Waals surface area contributed by atoms with Crippen molar-refractivity contribution in [2.24, 2.45) is 0 Å². The molecule has 0 bridgehead atoms. The van der Waals surface area contributed by atoms with Crippen LogP contribution in [0.4, 0.5) is 0 Å². The molecule has 0 aliphatic heterocycles. The van der Waals surface area contributed by atoms with Crippen LogP contribution in [0.25, 0.3) is 12.2 Å². The number of ether oxygens (including phenoxy) is 2. The number of rotatable bonds is 10. The number of hydrogen-bond acceptors (Lipinski definition) is 6. The van der Waals surface area contributed by atoms with Gasteiger partial charge in [0.15, 0.2) is 6.29 Å². The molecule has 28 heavy (non-hydrogen) atoms. The van der Waals surface area contributed by atoms with E-state index in [1.54, 1.807) is 19.1 Å². The van der Waals surface area contributed by atoms with Crippen molar-refractivity contribution < 1.29 is 27.2 Å². The highest BCUT2D eigenvalue weighted by atomic mass is 32.2. The molecule has 0 heterocycles. The van der Waals surface area contributed by atoms with E-state index in [1.165, 1.54) is 0 Å². The molecule has 1 N–H and O–H groups in total. The Balaban J connectivity index is 1.76. The lowest BCUT2D eigenvalue weighted by molar-refractivity contribution is -0.0735. The molecule has 7 heteroatoms. The minimum Gasteiger partial charge on any atom is -0.508 e. The van der Waals surface area contributed by atoms with Gasteiger partial charge < -0.3 is 14.6 Å². The highest BCUT2D eigenvalue weighted by molar-refractivity contribution is 7.85. The molecule has 0 radical (unpaired) electrons. The first-order valence-electron chi connectivity index (χ1n) is 8.68. The summed E-state index contributed by atoms with van der Waals surface area (Å²) in [5.74, 6) is 0.894. The second-order valence-electron chi connectivity index (χ2n) is 5.96. The molecular formula is C21H24O6S.